The van der Waals surface area contributed by atoms with Crippen LogP contribution in [0, 0.1) is 0 Å². The summed E-state index contributed by atoms with van der Waals surface area (Å²) in [5, 5.41) is 3.31. The summed E-state index contributed by atoms with van der Waals surface area (Å²) in [7, 11) is 2.30. The van der Waals surface area contributed by atoms with E-state index in [0.29, 0.717) is 37.1 Å². The van der Waals surface area contributed by atoms with Crippen LogP contribution in [0.25, 0.3) is 0 Å². The van der Waals surface area contributed by atoms with Crippen LogP contribution in [0.3, 0.4) is 0 Å². The first kappa shape index (κ1) is 24.1. The molecule has 11 heteroatoms. The highest BCUT2D eigenvalue weighted by Gasteiger charge is 2.27. The topological polar surface area (TPSA) is 79.2 Å². The molecule has 1 saturated heterocycles. The predicted octanol–water partition coefficient (Wildman–Crippen LogP) is 1.93. The third-order valence-corrected chi connectivity index (χ3v) is 8.10. The number of hydrogen-bond donors (Lipinski definition) is 1. The van der Waals surface area contributed by atoms with Gasteiger partial charge in [0.05, 0.1) is 26.3 Å². The Bertz CT molecular complexity index is 920. The van der Waals surface area contributed by atoms with Gasteiger partial charge in [-0.1, -0.05) is 0 Å². The minimum absolute atomic E-state index is 0. The minimum atomic E-state index is -3.44. The molecular weight excluding hydrogens is 525 g/mol. The van der Waals surface area contributed by atoms with Gasteiger partial charge in [-0.3, -0.25) is 4.99 Å². The lowest BCUT2D eigenvalue weighted by molar-refractivity contribution is 0.0731. The van der Waals surface area contributed by atoms with E-state index in [4.69, 9.17) is 4.74 Å². The number of aryl methyl sites for hydroxylation is 1. The molecule has 0 saturated carbocycles. The Morgan fingerprint density at radius 1 is 1.31 bits per heavy atom. The van der Waals surface area contributed by atoms with E-state index >= 15 is 0 Å². The van der Waals surface area contributed by atoms with Crippen molar-refractivity contribution in [3.05, 3.63) is 41.0 Å². The summed E-state index contributed by atoms with van der Waals surface area (Å²) in [5.41, 5.74) is 1.18. The Morgan fingerprint density at radius 3 is 2.66 bits per heavy atom. The lowest BCUT2D eigenvalue weighted by atomic mass is 10.4. The fraction of sp³-hybridized carbons (Fsp3) is 0.500. The predicted molar refractivity (Wildman–Crippen MR) is 126 cm³/mol. The van der Waals surface area contributed by atoms with Gasteiger partial charge in [-0.15, -0.1) is 35.3 Å². The highest BCUT2D eigenvalue weighted by Crippen LogP contribution is 2.25. The molecule has 3 heterocycles. The summed E-state index contributed by atoms with van der Waals surface area (Å²) in [5.74, 6) is 0.757. The van der Waals surface area contributed by atoms with Gasteiger partial charge in [0.2, 0.25) is 0 Å². The van der Waals surface area contributed by atoms with Gasteiger partial charge in [-0.2, -0.15) is 4.31 Å². The molecule has 0 spiro atoms. The van der Waals surface area contributed by atoms with Crippen LogP contribution in [0.5, 0.6) is 0 Å². The van der Waals surface area contributed by atoms with Crippen LogP contribution in [-0.2, 0) is 34.9 Å². The zero-order chi connectivity index (χ0) is 20.1. The molecule has 29 heavy (non-hydrogen) atoms. The van der Waals surface area contributed by atoms with E-state index in [2.05, 4.69) is 20.9 Å². The Hall–Kier alpha value is -1.15. The molecular formula is C18H28IN5O3S2. The van der Waals surface area contributed by atoms with Gasteiger partial charge in [-0.05, 0) is 24.3 Å². The smallest absolute Gasteiger partial charge is 0.252 e. The fourth-order valence-electron chi connectivity index (χ4n) is 3.04. The average Bonchev–Trinajstić information content (AvgIpc) is 3.33. The minimum Gasteiger partial charge on any atom is -0.379 e. The summed E-state index contributed by atoms with van der Waals surface area (Å²) in [4.78, 5) is 7.31. The number of nitrogens with one attached hydrogen (secondary N) is 1. The number of sulfonamides is 1. The molecule has 1 aliphatic rings. The molecule has 1 fully saturated rings. The summed E-state index contributed by atoms with van der Waals surface area (Å²) in [6, 6.07) is 7.63. The van der Waals surface area contributed by atoms with Crippen molar-refractivity contribution in [2.45, 2.75) is 17.3 Å². The molecule has 0 aromatic carbocycles. The number of halogens is 1. The average molecular weight is 553 g/mol. The number of aromatic nitrogens is 1. The van der Waals surface area contributed by atoms with Crippen LogP contribution < -0.4 is 5.32 Å². The Kier molecular flexibility index (Phi) is 8.94. The summed E-state index contributed by atoms with van der Waals surface area (Å²) < 4.78 is 34.7. The first-order chi connectivity index (χ1) is 13.4. The molecule has 0 amide bonds. The van der Waals surface area contributed by atoms with E-state index in [1.54, 1.807) is 13.1 Å². The second kappa shape index (κ2) is 10.8. The van der Waals surface area contributed by atoms with Crippen LogP contribution >= 0.6 is 35.3 Å². The maximum absolute atomic E-state index is 12.7. The number of morpholine rings is 1. The number of aliphatic imine (C=N–C) groups is 1. The van der Waals surface area contributed by atoms with Gasteiger partial charge in [0.25, 0.3) is 10.0 Å². The van der Waals surface area contributed by atoms with E-state index in [1.165, 1.54) is 21.3 Å². The first-order valence-electron chi connectivity index (χ1n) is 9.10. The van der Waals surface area contributed by atoms with E-state index in [1.807, 2.05) is 37.3 Å². The van der Waals surface area contributed by atoms with Crippen molar-refractivity contribution in [1.29, 1.82) is 0 Å². The van der Waals surface area contributed by atoms with E-state index in [-0.39, 0.29) is 24.0 Å². The number of rotatable bonds is 6. The van der Waals surface area contributed by atoms with Crippen LogP contribution in [0.15, 0.2) is 39.7 Å². The van der Waals surface area contributed by atoms with Crippen LogP contribution in [0.1, 0.15) is 10.6 Å². The standard InChI is InChI=1S/C18H27N5O3S2.HI/c1-19-18(22(3)14-15-5-4-8-21(15)2)20-13-16-6-7-17(27-16)28(24,25)23-9-11-26-12-10-23;/h4-8H,9-14H2,1-3H3,(H,19,20);1H. The maximum atomic E-state index is 12.7. The molecule has 0 aliphatic carbocycles. The number of guanidine groups is 1. The molecule has 2 aromatic heterocycles. The normalized spacial score (nSPS) is 15.8. The second-order valence-corrected chi connectivity index (χ2v) is 9.94. The third kappa shape index (κ3) is 5.94. The highest BCUT2D eigenvalue weighted by atomic mass is 127. The van der Waals surface area contributed by atoms with Crippen molar-refractivity contribution in [3.8, 4) is 0 Å². The lowest BCUT2D eigenvalue weighted by Crippen LogP contribution is -2.40. The summed E-state index contributed by atoms with van der Waals surface area (Å²) in [6.07, 6.45) is 2.02. The van der Waals surface area contributed by atoms with Crippen molar-refractivity contribution in [2.24, 2.45) is 12.0 Å². The van der Waals surface area contributed by atoms with Crippen LogP contribution in [0.4, 0.5) is 0 Å². The first-order valence-corrected chi connectivity index (χ1v) is 11.4. The molecule has 2 aromatic rings. The molecule has 3 rings (SSSR count). The van der Waals surface area contributed by atoms with Gasteiger partial charge in [0, 0.05) is 51.0 Å². The lowest BCUT2D eigenvalue weighted by Gasteiger charge is -2.25. The molecule has 1 N–H and O–H groups in total. The second-order valence-electron chi connectivity index (χ2n) is 6.60. The maximum Gasteiger partial charge on any atom is 0.252 e. The Morgan fingerprint density at radius 2 is 2.03 bits per heavy atom. The zero-order valence-electron chi connectivity index (χ0n) is 16.9. The van der Waals surface area contributed by atoms with Gasteiger partial charge in [0.1, 0.15) is 4.21 Å². The number of thiophene rings is 1. The van der Waals surface area contributed by atoms with E-state index < -0.39 is 10.0 Å². The van der Waals surface area contributed by atoms with Gasteiger partial charge in [-0.25, -0.2) is 8.42 Å². The summed E-state index contributed by atoms with van der Waals surface area (Å²) in [6.45, 7) is 2.96. The number of ether oxygens (including phenoxy) is 1. The van der Waals surface area contributed by atoms with E-state index in [9.17, 15) is 8.42 Å². The molecule has 0 unspecified atom stereocenters. The molecule has 0 radical (unpaired) electrons. The van der Waals surface area contributed by atoms with Crippen molar-refractivity contribution in [3.63, 3.8) is 0 Å². The number of nitrogens with zero attached hydrogens (tertiary/aromatic N) is 4. The number of hydrogen-bond acceptors (Lipinski definition) is 5. The van der Waals surface area contributed by atoms with E-state index in [0.717, 1.165) is 17.4 Å². The molecule has 162 valence electrons. The Balaban J connectivity index is 0.00000300. The fourth-order valence-corrected chi connectivity index (χ4v) is 5.89. The largest absolute Gasteiger partial charge is 0.379 e. The van der Waals surface area contributed by atoms with Crippen LogP contribution in [-0.4, -0.2) is 68.5 Å². The SMILES string of the molecule is CN=C(NCc1ccc(S(=O)(=O)N2CCOCC2)s1)N(C)Cc1cccn1C.I. The van der Waals surface area contributed by atoms with Crippen molar-refractivity contribution in [2.75, 3.05) is 40.4 Å². The molecule has 1 aliphatic heterocycles. The molecule has 0 bridgehead atoms. The van der Waals surface area contributed by atoms with Crippen LogP contribution in [0.2, 0.25) is 0 Å². The van der Waals surface area contributed by atoms with Crippen molar-refractivity contribution in [1.82, 2.24) is 19.1 Å². The molecule has 0 atom stereocenters. The van der Waals surface area contributed by atoms with Crippen molar-refractivity contribution >= 4 is 51.3 Å². The van der Waals surface area contributed by atoms with Crippen molar-refractivity contribution < 1.29 is 13.2 Å². The Labute approximate surface area is 193 Å². The van der Waals surface area contributed by atoms with Gasteiger partial charge < -0.3 is 19.5 Å². The zero-order valence-corrected chi connectivity index (χ0v) is 20.8. The monoisotopic (exact) mass is 553 g/mol. The highest BCUT2D eigenvalue weighted by molar-refractivity contribution is 14.0. The molecule has 8 nitrogen and oxygen atoms in total. The summed E-state index contributed by atoms with van der Waals surface area (Å²) >= 11 is 1.29. The third-order valence-electron chi connectivity index (χ3n) is 4.65. The van der Waals surface area contributed by atoms with Gasteiger partial charge in [0.15, 0.2) is 5.96 Å². The quantitative estimate of drug-likeness (QED) is 0.336. The van der Waals surface area contributed by atoms with Gasteiger partial charge >= 0.3 is 0 Å².